The summed E-state index contributed by atoms with van der Waals surface area (Å²) < 4.78 is 0. The van der Waals surface area contributed by atoms with Crippen LogP contribution < -0.4 is 45.8 Å². The molecule has 0 aliphatic heterocycles. The molecule has 0 spiro atoms. The number of halogens is 2. The van der Waals surface area contributed by atoms with Crippen molar-refractivity contribution in [1.29, 1.82) is 0 Å². The Morgan fingerprint density at radius 2 is 1.36 bits per heavy atom. The van der Waals surface area contributed by atoms with Crippen LogP contribution in [0.25, 0.3) is 0 Å². The first-order chi connectivity index (χ1) is 3.91. The smallest absolute Gasteiger partial charge is 0.0739 e. The summed E-state index contributed by atoms with van der Waals surface area (Å²) in [5.74, 6) is 0. The van der Waals surface area contributed by atoms with Crippen molar-refractivity contribution in [2.24, 2.45) is 0 Å². The fraction of sp³-hybridized carbons (Fsp3) is 1.00. The first-order valence-corrected chi connectivity index (χ1v) is 3.71. The molecule has 0 saturated carbocycles. The highest BCUT2D eigenvalue weighted by Crippen LogP contribution is 1.99. The summed E-state index contributed by atoms with van der Waals surface area (Å²) in [6.45, 7) is 3.36. The first kappa shape index (κ1) is 22.6. The lowest BCUT2D eigenvalue weighted by molar-refractivity contribution is -0.368. The minimum atomic E-state index is 0. The standard InChI is InChI=1S/C7H17N.2BrH.H3N/c1-2-3-4-5-6-7-8;;;/h2-8H2,1H3;2*1H;1H3. The van der Waals surface area contributed by atoms with E-state index >= 15 is 0 Å². The second-order valence-corrected chi connectivity index (χ2v) is 2.27. The predicted octanol–water partition coefficient (Wildman–Crippen LogP) is -4.42. The van der Waals surface area contributed by atoms with Crippen molar-refractivity contribution in [2.75, 3.05) is 6.54 Å². The Bertz CT molecular complexity index is 39.4. The molecule has 4 heteroatoms. The van der Waals surface area contributed by atoms with Gasteiger partial charge in [0, 0.05) is 0 Å². The quantitative estimate of drug-likeness (QED) is 0.481. The minimum Gasteiger partial charge on any atom is -1.00 e. The molecular weight excluding hydrogens is 272 g/mol. The van der Waals surface area contributed by atoms with Crippen LogP contribution in [0.4, 0.5) is 0 Å². The average Bonchev–Trinajstić information content (AvgIpc) is 1.81. The fourth-order valence-corrected chi connectivity index (χ4v) is 0.780. The summed E-state index contributed by atoms with van der Waals surface area (Å²) in [6.07, 6.45) is 6.86. The molecule has 74 valence electrons. The molecule has 0 heterocycles. The third-order valence-electron chi connectivity index (χ3n) is 1.35. The van der Waals surface area contributed by atoms with Crippen LogP contribution in [0, 0.1) is 0 Å². The van der Waals surface area contributed by atoms with E-state index in [1.807, 2.05) is 0 Å². The minimum absolute atomic E-state index is 0. The van der Waals surface area contributed by atoms with Crippen molar-refractivity contribution in [3.63, 3.8) is 0 Å². The van der Waals surface area contributed by atoms with Crippen LogP contribution in [0.5, 0.6) is 0 Å². The molecular formula is C7H22Br2N2. The molecule has 0 aromatic rings. The molecule has 0 fully saturated rings. The SMILES string of the molecule is CCCCCCC[NH3+].[Br-].[Br-].[NH4+]. The fourth-order valence-electron chi connectivity index (χ4n) is 0.780. The second kappa shape index (κ2) is 22.4. The molecule has 0 saturated heterocycles. The highest BCUT2D eigenvalue weighted by Gasteiger charge is 1.85. The van der Waals surface area contributed by atoms with Gasteiger partial charge >= 0.3 is 0 Å². The molecule has 0 unspecified atom stereocenters. The molecule has 0 aliphatic rings. The zero-order valence-electron chi connectivity index (χ0n) is 7.71. The largest absolute Gasteiger partial charge is 1.00 e. The van der Waals surface area contributed by atoms with Crippen molar-refractivity contribution < 1.29 is 39.7 Å². The zero-order chi connectivity index (χ0) is 6.24. The Morgan fingerprint density at radius 1 is 0.909 bits per heavy atom. The molecule has 0 aromatic heterocycles. The summed E-state index contributed by atoms with van der Waals surface area (Å²) in [7, 11) is 0. The monoisotopic (exact) mass is 292 g/mol. The van der Waals surface area contributed by atoms with Crippen LogP contribution in [-0.2, 0) is 0 Å². The lowest BCUT2D eigenvalue weighted by Crippen LogP contribution is -3.00. The molecule has 0 aromatic carbocycles. The summed E-state index contributed by atoms with van der Waals surface area (Å²) in [5, 5.41) is 0. The molecule has 0 atom stereocenters. The van der Waals surface area contributed by atoms with E-state index in [0.717, 1.165) is 6.54 Å². The molecule has 0 bridgehead atoms. The van der Waals surface area contributed by atoms with Crippen LogP contribution in [0.1, 0.15) is 39.0 Å². The maximum Gasteiger partial charge on any atom is 0.0739 e. The zero-order valence-corrected chi connectivity index (χ0v) is 10.9. The number of rotatable bonds is 5. The van der Waals surface area contributed by atoms with Crippen molar-refractivity contribution in [1.82, 2.24) is 6.15 Å². The van der Waals surface area contributed by atoms with E-state index in [9.17, 15) is 0 Å². The summed E-state index contributed by atoms with van der Waals surface area (Å²) in [4.78, 5) is 0. The summed E-state index contributed by atoms with van der Waals surface area (Å²) >= 11 is 0. The normalized spacial score (nSPS) is 7.09. The van der Waals surface area contributed by atoms with Gasteiger partial charge in [0.25, 0.3) is 0 Å². The Morgan fingerprint density at radius 3 is 1.73 bits per heavy atom. The summed E-state index contributed by atoms with van der Waals surface area (Å²) in [5.41, 5.74) is 3.78. The van der Waals surface area contributed by atoms with Crippen molar-refractivity contribution in [3.8, 4) is 0 Å². The predicted molar refractivity (Wildman–Crippen MR) is 42.5 cm³/mol. The van der Waals surface area contributed by atoms with Gasteiger partial charge in [-0.3, -0.25) is 0 Å². The van der Waals surface area contributed by atoms with E-state index < -0.39 is 0 Å². The number of hydrogen-bond donors (Lipinski definition) is 2. The van der Waals surface area contributed by atoms with Gasteiger partial charge in [0.1, 0.15) is 0 Å². The Hall–Kier alpha value is 0.880. The maximum atomic E-state index is 3.78. The Kier molecular flexibility index (Phi) is 46.2. The van der Waals surface area contributed by atoms with Gasteiger partial charge in [-0.1, -0.05) is 26.2 Å². The van der Waals surface area contributed by atoms with E-state index in [1.165, 1.54) is 32.1 Å². The lowest BCUT2D eigenvalue weighted by atomic mass is 10.2. The van der Waals surface area contributed by atoms with E-state index in [4.69, 9.17) is 0 Å². The molecule has 0 aliphatic carbocycles. The molecule has 11 heavy (non-hydrogen) atoms. The van der Waals surface area contributed by atoms with Crippen LogP contribution in [-0.4, -0.2) is 6.54 Å². The van der Waals surface area contributed by atoms with Gasteiger partial charge in [-0.05, 0) is 12.8 Å². The highest BCUT2D eigenvalue weighted by molar-refractivity contribution is 4.38. The van der Waals surface area contributed by atoms with Gasteiger partial charge in [0.2, 0.25) is 0 Å². The molecule has 0 rings (SSSR count). The van der Waals surface area contributed by atoms with Gasteiger partial charge in [-0.2, -0.15) is 0 Å². The maximum absolute atomic E-state index is 3.78. The van der Waals surface area contributed by atoms with Crippen LogP contribution >= 0.6 is 0 Å². The topological polar surface area (TPSA) is 64.1 Å². The van der Waals surface area contributed by atoms with Gasteiger partial charge in [-0.25, -0.2) is 0 Å². The van der Waals surface area contributed by atoms with Gasteiger partial charge in [-0.15, -0.1) is 0 Å². The van der Waals surface area contributed by atoms with Gasteiger partial charge in [0.05, 0.1) is 6.54 Å². The molecule has 0 amide bonds. The molecule has 0 radical (unpaired) electrons. The van der Waals surface area contributed by atoms with E-state index in [1.54, 1.807) is 0 Å². The number of unbranched alkanes of at least 4 members (excludes halogenated alkanes) is 4. The Labute approximate surface area is 91.4 Å². The number of hydrogen-bond acceptors (Lipinski definition) is 0. The first-order valence-electron chi connectivity index (χ1n) is 3.71. The molecule has 7 N–H and O–H groups in total. The van der Waals surface area contributed by atoms with Crippen molar-refractivity contribution in [3.05, 3.63) is 0 Å². The third-order valence-corrected chi connectivity index (χ3v) is 1.35. The average molecular weight is 294 g/mol. The third kappa shape index (κ3) is 24.8. The van der Waals surface area contributed by atoms with E-state index in [-0.39, 0.29) is 40.1 Å². The van der Waals surface area contributed by atoms with Crippen LogP contribution in [0.3, 0.4) is 0 Å². The van der Waals surface area contributed by atoms with Crippen molar-refractivity contribution in [2.45, 2.75) is 39.0 Å². The summed E-state index contributed by atoms with van der Waals surface area (Å²) in [6, 6.07) is 0. The van der Waals surface area contributed by atoms with Gasteiger partial charge in [0.15, 0.2) is 0 Å². The molecule has 2 nitrogen and oxygen atoms in total. The number of quaternary nitrogens is 2. The lowest BCUT2D eigenvalue weighted by Gasteiger charge is -1.92. The van der Waals surface area contributed by atoms with E-state index in [2.05, 4.69) is 12.7 Å². The highest BCUT2D eigenvalue weighted by atomic mass is 79.9. The van der Waals surface area contributed by atoms with E-state index in [0.29, 0.717) is 0 Å². The van der Waals surface area contributed by atoms with Crippen LogP contribution in [0.2, 0.25) is 0 Å². The Balaban J connectivity index is -0.0000000817. The second-order valence-electron chi connectivity index (χ2n) is 2.27. The van der Waals surface area contributed by atoms with Crippen molar-refractivity contribution >= 4 is 0 Å². The van der Waals surface area contributed by atoms with Crippen LogP contribution in [0.15, 0.2) is 0 Å². The van der Waals surface area contributed by atoms with Gasteiger partial charge < -0.3 is 45.8 Å².